The summed E-state index contributed by atoms with van der Waals surface area (Å²) in [4.78, 5) is 11.7. The fourth-order valence-electron chi connectivity index (χ4n) is 2.08. The highest BCUT2D eigenvalue weighted by atomic mass is 32.2. The number of carbonyl (C=O) groups excluding carboxylic acids is 1. The minimum absolute atomic E-state index is 0.0198. The topological polar surface area (TPSA) is 125 Å². The van der Waals surface area contributed by atoms with Crippen molar-refractivity contribution in [3.05, 3.63) is 24.3 Å². The van der Waals surface area contributed by atoms with Crippen LogP contribution >= 0.6 is 11.8 Å². The Morgan fingerprint density at radius 3 is 2.58 bits per heavy atom. The summed E-state index contributed by atoms with van der Waals surface area (Å²) in [6.07, 6.45) is 2.34. The van der Waals surface area contributed by atoms with Gasteiger partial charge < -0.3 is 15.8 Å². The largest absolute Gasteiger partial charge is 0.493 e. The van der Waals surface area contributed by atoms with E-state index in [1.54, 1.807) is 12.1 Å². The molecule has 0 bridgehead atoms. The van der Waals surface area contributed by atoms with Crippen molar-refractivity contribution in [2.75, 3.05) is 24.7 Å². The zero-order chi connectivity index (χ0) is 17.6. The number of hydrogen-bond donors (Lipinski definition) is 3. The number of hydrogen-bond acceptors (Lipinski definition) is 6. The van der Waals surface area contributed by atoms with Gasteiger partial charge in [-0.1, -0.05) is 0 Å². The fraction of sp³-hybridized carbons (Fsp3) is 0.533. The Morgan fingerprint density at radius 1 is 1.33 bits per heavy atom. The van der Waals surface area contributed by atoms with E-state index in [4.69, 9.17) is 15.6 Å². The van der Waals surface area contributed by atoms with Crippen molar-refractivity contribution in [1.29, 1.82) is 0 Å². The molecule has 1 saturated carbocycles. The van der Waals surface area contributed by atoms with Crippen LogP contribution in [0.5, 0.6) is 5.75 Å². The quantitative estimate of drug-likeness (QED) is 0.507. The number of nitrogens with two attached hydrogens (primary N) is 2. The van der Waals surface area contributed by atoms with Gasteiger partial charge in [-0.25, -0.2) is 13.6 Å². The third-order valence-corrected chi connectivity index (χ3v) is 5.50. The molecule has 7 nitrogen and oxygen atoms in total. The number of carbonyl (C=O) groups is 1. The Kier molecular flexibility index (Phi) is 6.90. The molecular formula is C15H23N3O4S2. The number of ether oxygens (including phenoxy) is 1. The van der Waals surface area contributed by atoms with Gasteiger partial charge in [0.1, 0.15) is 5.75 Å². The molecule has 1 amide bonds. The van der Waals surface area contributed by atoms with Crippen LogP contribution in [-0.2, 0) is 14.8 Å². The zero-order valence-electron chi connectivity index (χ0n) is 13.3. The maximum absolute atomic E-state index is 11.7. The summed E-state index contributed by atoms with van der Waals surface area (Å²) >= 11 is 1.47. The Morgan fingerprint density at radius 2 is 2.00 bits per heavy atom. The molecule has 1 aliphatic rings. The number of nitrogens with one attached hydrogen (secondary N) is 1. The van der Waals surface area contributed by atoms with Gasteiger partial charge in [-0.3, -0.25) is 4.79 Å². The summed E-state index contributed by atoms with van der Waals surface area (Å²) in [6.45, 7) is 0.964. The average molecular weight is 374 g/mol. The van der Waals surface area contributed by atoms with E-state index in [1.807, 2.05) is 0 Å². The molecule has 1 aromatic carbocycles. The highest BCUT2D eigenvalue weighted by Gasteiger charge is 2.28. The smallest absolute Gasteiger partial charge is 0.238 e. The van der Waals surface area contributed by atoms with E-state index >= 15 is 0 Å². The van der Waals surface area contributed by atoms with Crippen LogP contribution in [0.4, 0.5) is 0 Å². The van der Waals surface area contributed by atoms with E-state index in [-0.39, 0.29) is 16.8 Å². The molecule has 0 aromatic heterocycles. The van der Waals surface area contributed by atoms with Crippen LogP contribution in [-0.4, -0.2) is 45.0 Å². The third-order valence-electron chi connectivity index (χ3n) is 3.64. The van der Waals surface area contributed by atoms with E-state index in [9.17, 15) is 13.2 Å². The van der Waals surface area contributed by atoms with Gasteiger partial charge in [0, 0.05) is 18.3 Å². The lowest BCUT2D eigenvalue weighted by atomic mass is 10.2. The first-order valence-corrected chi connectivity index (χ1v) is 10.4. The van der Waals surface area contributed by atoms with E-state index in [0.29, 0.717) is 36.3 Å². The third kappa shape index (κ3) is 6.68. The van der Waals surface area contributed by atoms with Crippen LogP contribution in [0.25, 0.3) is 0 Å². The molecule has 1 aromatic rings. The molecule has 5 N–H and O–H groups in total. The van der Waals surface area contributed by atoms with Crippen LogP contribution in [0.3, 0.4) is 0 Å². The first-order chi connectivity index (χ1) is 11.4. The van der Waals surface area contributed by atoms with Crippen molar-refractivity contribution < 1.29 is 17.9 Å². The summed E-state index contributed by atoms with van der Waals surface area (Å²) in [5.41, 5.74) is 5.92. The van der Waals surface area contributed by atoms with Gasteiger partial charge >= 0.3 is 0 Å². The monoisotopic (exact) mass is 373 g/mol. The fourth-order valence-corrected chi connectivity index (χ4v) is 3.23. The predicted octanol–water partition coefficient (Wildman–Crippen LogP) is 0.300. The molecule has 0 heterocycles. The maximum Gasteiger partial charge on any atom is 0.238 e. The minimum atomic E-state index is -3.68. The van der Waals surface area contributed by atoms with Gasteiger partial charge in [-0.2, -0.15) is 0 Å². The molecule has 24 heavy (non-hydrogen) atoms. The molecule has 0 radical (unpaired) electrons. The summed E-state index contributed by atoms with van der Waals surface area (Å²) in [6, 6.07) is 5.97. The highest BCUT2D eigenvalue weighted by molar-refractivity contribution is 7.99. The van der Waals surface area contributed by atoms with E-state index < -0.39 is 10.0 Å². The number of benzene rings is 1. The highest BCUT2D eigenvalue weighted by Crippen LogP contribution is 2.31. The lowest BCUT2D eigenvalue weighted by Crippen LogP contribution is -2.39. The number of thioether (sulfide) groups is 1. The molecule has 0 spiro atoms. The molecule has 0 saturated heterocycles. The summed E-state index contributed by atoms with van der Waals surface area (Å²) in [7, 11) is -3.68. The Bertz CT molecular complexity index is 645. The summed E-state index contributed by atoms with van der Waals surface area (Å²) in [5, 5.41) is 7.86. The molecule has 1 aliphatic carbocycles. The van der Waals surface area contributed by atoms with Crippen molar-refractivity contribution >= 4 is 27.7 Å². The normalized spacial score (nSPS) is 15.8. The van der Waals surface area contributed by atoms with Crippen molar-refractivity contribution in [2.24, 2.45) is 16.8 Å². The van der Waals surface area contributed by atoms with Crippen LogP contribution in [0.15, 0.2) is 29.2 Å². The van der Waals surface area contributed by atoms with E-state index in [2.05, 4.69) is 5.32 Å². The van der Waals surface area contributed by atoms with Crippen molar-refractivity contribution in [3.8, 4) is 5.75 Å². The number of primary sulfonamides is 1. The number of sulfonamides is 1. The molecule has 1 unspecified atom stereocenters. The van der Waals surface area contributed by atoms with Crippen LogP contribution < -0.4 is 20.9 Å². The number of rotatable bonds is 10. The lowest BCUT2D eigenvalue weighted by Gasteiger charge is -2.11. The SMILES string of the molecule is NC(CNC(=O)CSCCOc1ccc(S(N)(=O)=O)cc1)C1CC1. The maximum atomic E-state index is 11.7. The van der Waals surface area contributed by atoms with Gasteiger partial charge in [0.2, 0.25) is 15.9 Å². The van der Waals surface area contributed by atoms with Crippen molar-refractivity contribution in [3.63, 3.8) is 0 Å². The molecule has 1 atom stereocenters. The van der Waals surface area contributed by atoms with Gasteiger partial charge in [-0.15, -0.1) is 11.8 Å². The molecule has 2 rings (SSSR count). The second kappa shape index (κ2) is 8.70. The van der Waals surface area contributed by atoms with Crippen LogP contribution in [0.2, 0.25) is 0 Å². The van der Waals surface area contributed by atoms with Crippen molar-refractivity contribution in [2.45, 2.75) is 23.8 Å². The second-order valence-corrected chi connectivity index (χ2v) is 8.39. The van der Waals surface area contributed by atoms with E-state index in [1.165, 1.54) is 36.7 Å². The molecule has 0 aliphatic heterocycles. The standard InChI is InChI=1S/C15H23N3O4S2/c16-14(11-1-2-11)9-18-15(19)10-23-8-7-22-12-3-5-13(6-4-12)24(17,20)21/h3-6,11,14H,1-2,7-10,16H2,(H,18,19)(H2,17,20,21). The summed E-state index contributed by atoms with van der Waals surface area (Å²) in [5.74, 6) is 2.13. The predicted molar refractivity (Wildman–Crippen MR) is 94.3 cm³/mol. The lowest BCUT2D eigenvalue weighted by molar-refractivity contribution is -0.118. The second-order valence-electron chi connectivity index (χ2n) is 5.72. The Balaban J connectivity index is 1.56. The zero-order valence-corrected chi connectivity index (χ0v) is 14.9. The van der Waals surface area contributed by atoms with Gasteiger partial charge in [0.25, 0.3) is 0 Å². The first kappa shape index (κ1) is 19.0. The Labute approximate surface area is 146 Å². The van der Waals surface area contributed by atoms with Crippen molar-refractivity contribution in [1.82, 2.24) is 5.32 Å². The Hall–Kier alpha value is -1.29. The van der Waals surface area contributed by atoms with E-state index in [0.717, 1.165) is 0 Å². The first-order valence-electron chi connectivity index (χ1n) is 7.72. The molecule has 1 fully saturated rings. The van der Waals surface area contributed by atoms with Crippen LogP contribution in [0.1, 0.15) is 12.8 Å². The molecule has 9 heteroatoms. The van der Waals surface area contributed by atoms with Gasteiger partial charge in [0.05, 0.1) is 17.3 Å². The molecular weight excluding hydrogens is 350 g/mol. The van der Waals surface area contributed by atoms with Gasteiger partial charge in [0.15, 0.2) is 0 Å². The summed E-state index contributed by atoms with van der Waals surface area (Å²) < 4.78 is 27.7. The number of amides is 1. The van der Waals surface area contributed by atoms with Crippen LogP contribution in [0, 0.1) is 5.92 Å². The van der Waals surface area contributed by atoms with Gasteiger partial charge in [-0.05, 0) is 43.0 Å². The average Bonchev–Trinajstić information content (AvgIpc) is 3.37. The molecule has 134 valence electrons. The minimum Gasteiger partial charge on any atom is -0.493 e.